The van der Waals surface area contributed by atoms with Gasteiger partial charge in [0.15, 0.2) is 9.84 Å². The Morgan fingerprint density at radius 2 is 1.90 bits per heavy atom. The lowest BCUT2D eigenvalue weighted by Crippen LogP contribution is -2.47. The first-order chi connectivity index (χ1) is 9.93. The van der Waals surface area contributed by atoms with Crippen molar-refractivity contribution in [1.82, 2.24) is 4.90 Å². The molecule has 21 heavy (non-hydrogen) atoms. The predicted octanol–water partition coefficient (Wildman–Crippen LogP) is 1.51. The molecule has 0 unspecified atom stereocenters. The molecule has 7 heteroatoms. The molecule has 0 amide bonds. The van der Waals surface area contributed by atoms with Gasteiger partial charge in [0.1, 0.15) is 0 Å². The molecule has 0 saturated carbocycles. The van der Waals surface area contributed by atoms with Gasteiger partial charge in [0.05, 0.1) is 22.2 Å². The van der Waals surface area contributed by atoms with Crippen molar-refractivity contribution in [3.8, 4) is 0 Å². The largest absolute Gasteiger partial charge is 0.383 e. The number of sulfone groups is 1. The number of hydrogen-bond acceptors (Lipinski definition) is 5. The normalized spacial score (nSPS) is 17.2. The summed E-state index contributed by atoms with van der Waals surface area (Å²) < 4.78 is 28.6. The van der Waals surface area contributed by atoms with Gasteiger partial charge in [0, 0.05) is 46.1 Å². The molecule has 1 aliphatic heterocycles. The summed E-state index contributed by atoms with van der Waals surface area (Å²) in [5, 5.41) is 0.324. The van der Waals surface area contributed by atoms with Crippen LogP contribution in [0.25, 0.3) is 0 Å². The predicted molar refractivity (Wildman–Crippen MR) is 85.1 cm³/mol. The van der Waals surface area contributed by atoms with Crippen LogP contribution in [0, 0.1) is 0 Å². The van der Waals surface area contributed by atoms with Crippen LogP contribution in [0.15, 0.2) is 23.1 Å². The van der Waals surface area contributed by atoms with E-state index in [1.165, 1.54) is 6.26 Å². The molecule has 1 aromatic carbocycles. The van der Waals surface area contributed by atoms with E-state index in [0.29, 0.717) is 5.02 Å². The number of halogens is 1. The van der Waals surface area contributed by atoms with Crippen LogP contribution in [0.4, 0.5) is 5.69 Å². The maximum atomic E-state index is 11.7. The number of ether oxygens (including phenoxy) is 1. The van der Waals surface area contributed by atoms with Gasteiger partial charge in [-0.15, -0.1) is 0 Å². The molecule has 0 spiro atoms. The molecule has 0 bridgehead atoms. The first-order valence-electron chi connectivity index (χ1n) is 6.88. The van der Waals surface area contributed by atoms with E-state index >= 15 is 0 Å². The van der Waals surface area contributed by atoms with Crippen molar-refractivity contribution in [3.05, 3.63) is 23.2 Å². The van der Waals surface area contributed by atoms with E-state index < -0.39 is 9.84 Å². The van der Waals surface area contributed by atoms with Crippen LogP contribution in [0.5, 0.6) is 0 Å². The van der Waals surface area contributed by atoms with Gasteiger partial charge in [-0.2, -0.15) is 0 Å². The number of anilines is 1. The minimum atomic E-state index is -3.30. The smallest absolute Gasteiger partial charge is 0.177 e. The molecule has 0 atom stereocenters. The summed E-state index contributed by atoms with van der Waals surface area (Å²) in [7, 11) is -1.60. The Morgan fingerprint density at radius 3 is 2.48 bits per heavy atom. The van der Waals surface area contributed by atoms with Gasteiger partial charge >= 0.3 is 0 Å². The van der Waals surface area contributed by atoms with E-state index in [1.54, 1.807) is 19.2 Å². The Labute approximate surface area is 131 Å². The molecule has 0 aromatic heterocycles. The van der Waals surface area contributed by atoms with Gasteiger partial charge in [0.2, 0.25) is 0 Å². The summed E-state index contributed by atoms with van der Waals surface area (Å²) in [6.07, 6.45) is 1.18. The highest BCUT2D eigenvalue weighted by molar-refractivity contribution is 7.90. The average molecular weight is 333 g/mol. The minimum Gasteiger partial charge on any atom is -0.383 e. The quantitative estimate of drug-likeness (QED) is 0.818. The maximum absolute atomic E-state index is 11.7. The summed E-state index contributed by atoms with van der Waals surface area (Å²) in [6, 6.07) is 5.17. The van der Waals surface area contributed by atoms with Gasteiger partial charge in [-0.3, -0.25) is 4.90 Å². The summed E-state index contributed by atoms with van der Waals surface area (Å²) in [6.45, 7) is 5.14. The molecule has 0 N–H and O–H groups in total. The van der Waals surface area contributed by atoms with E-state index in [9.17, 15) is 8.42 Å². The lowest BCUT2D eigenvalue weighted by Gasteiger charge is -2.36. The molecule has 1 saturated heterocycles. The fraction of sp³-hybridized carbons (Fsp3) is 0.571. The second kappa shape index (κ2) is 6.96. The number of methoxy groups -OCH3 is 1. The number of hydrogen-bond donors (Lipinski definition) is 0. The van der Waals surface area contributed by atoms with Gasteiger partial charge < -0.3 is 9.64 Å². The molecular formula is C14H21ClN2O3S. The van der Waals surface area contributed by atoms with E-state index in [2.05, 4.69) is 9.80 Å². The number of rotatable bonds is 5. The van der Waals surface area contributed by atoms with Crippen molar-refractivity contribution in [1.29, 1.82) is 0 Å². The van der Waals surface area contributed by atoms with E-state index in [0.717, 1.165) is 45.0 Å². The number of nitrogens with zero attached hydrogens (tertiary/aromatic N) is 2. The molecule has 1 aliphatic rings. The van der Waals surface area contributed by atoms with Crippen LogP contribution in [0.3, 0.4) is 0 Å². The van der Waals surface area contributed by atoms with Crippen LogP contribution in [0.1, 0.15) is 0 Å². The summed E-state index contributed by atoms with van der Waals surface area (Å²) >= 11 is 6.29. The maximum Gasteiger partial charge on any atom is 0.177 e. The zero-order valence-corrected chi connectivity index (χ0v) is 14.0. The Bertz CT molecular complexity index is 584. The summed E-state index contributed by atoms with van der Waals surface area (Å²) in [5.74, 6) is 0. The molecule has 5 nitrogen and oxygen atoms in total. The Kier molecular flexibility index (Phi) is 5.48. The van der Waals surface area contributed by atoms with Gasteiger partial charge in [-0.25, -0.2) is 8.42 Å². The lowest BCUT2D eigenvalue weighted by atomic mass is 10.2. The highest BCUT2D eigenvalue weighted by atomic mass is 35.5. The third kappa shape index (κ3) is 4.10. The van der Waals surface area contributed by atoms with Crippen molar-refractivity contribution in [2.24, 2.45) is 0 Å². The van der Waals surface area contributed by atoms with Crippen molar-refractivity contribution >= 4 is 27.1 Å². The summed E-state index contributed by atoms with van der Waals surface area (Å²) in [4.78, 5) is 4.66. The third-order valence-corrected chi connectivity index (χ3v) is 5.32. The molecule has 1 fully saturated rings. The minimum absolute atomic E-state index is 0.198. The van der Waals surface area contributed by atoms with Crippen LogP contribution in [0.2, 0.25) is 5.02 Å². The van der Waals surface area contributed by atoms with Gasteiger partial charge in [-0.05, 0) is 12.1 Å². The standard InChI is InChI=1S/C14H21ClN2O3S/c1-20-11-10-16-6-8-17(9-7-16)12-4-3-5-13(14(12)15)21(2,18)19/h3-5H,6-11H2,1-2H3. The Morgan fingerprint density at radius 1 is 1.24 bits per heavy atom. The fourth-order valence-corrected chi connectivity index (χ4v) is 3.88. The van der Waals surface area contributed by atoms with E-state index in [-0.39, 0.29) is 4.90 Å². The lowest BCUT2D eigenvalue weighted by molar-refractivity contribution is 0.144. The Hall–Kier alpha value is -0.820. The van der Waals surface area contributed by atoms with Gasteiger partial charge in [0.25, 0.3) is 0 Å². The monoisotopic (exact) mass is 332 g/mol. The van der Waals surface area contributed by atoms with E-state index in [4.69, 9.17) is 16.3 Å². The first kappa shape index (κ1) is 16.5. The molecule has 118 valence electrons. The fourth-order valence-electron chi connectivity index (χ4n) is 2.46. The average Bonchev–Trinajstić information content (AvgIpc) is 2.45. The van der Waals surface area contributed by atoms with Crippen molar-refractivity contribution in [2.75, 3.05) is 57.6 Å². The molecule has 1 aromatic rings. The zero-order valence-electron chi connectivity index (χ0n) is 12.4. The molecule has 0 radical (unpaired) electrons. The second-order valence-corrected chi connectivity index (χ2v) is 7.55. The van der Waals surface area contributed by atoms with Gasteiger partial charge in [-0.1, -0.05) is 17.7 Å². The molecule has 1 heterocycles. The third-order valence-electron chi connectivity index (χ3n) is 3.67. The molecular weight excluding hydrogens is 312 g/mol. The number of benzene rings is 1. The highest BCUT2D eigenvalue weighted by Gasteiger charge is 2.22. The zero-order chi connectivity index (χ0) is 15.5. The van der Waals surface area contributed by atoms with Crippen molar-refractivity contribution in [3.63, 3.8) is 0 Å². The highest BCUT2D eigenvalue weighted by Crippen LogP contribution is 2.32. The Balaban J connectivity index is 2.11. The van der Waals surface area contributed by atoms with Crippen molar-refractivity contribution < 1.29 is 13.2 Å². The van der Waals surface area contributed by atoms with Crippen LogP contribution >= 0.6 is 11.6 Å². The SMILES string of the molecule is COCCN1CCN(c2cccc(S(C)(=O)=O)c2Cl)CC1. The van der Waals surface area contributed by atoms with Crippen LogP contribution in [-0.2, 0) is 14.6 Å². The second-order valence-electron chi connectivity index (χ2n) is 5.18. The van der Waals surface area contributed by atoms with E-state index in [1.807, 2.05) is 6.07 Å². The molecule has 0 aliphatic carbocycles. The first-order valence-corrected chi connectivity index (χ1v) is 9.15. The van der Waals surface area contributed by atoms with Crippen molar-refractivity contribution in [2.45, 2.75) is 4.90 Å². The van der Waals surface area contributed by atoms with Crippen LogP contribution < -0.4 is 4.90 Å². The number of piperazine rings is 1. The van der Waals surface area contributed by atoms with Crippen LogP contribution in [-0.4, -0.2) is 66.0 Å². The topological polar surface area (TPSA) is 49.9 Å². The molecule has 2 rings (SSSR count). The summed E-state index contributed by atoms with van der Waals surface area (Å²) in [5.41, 5.74) is 0.797.